The Kier molecular flexibility index (Phi) is 4.33. The number of hydrogen-bond acceptors (Lipinski definition) is 3. The van der Waals surface area contributed by atoms with E-state index in [1.165, 1.54) is 0 Å². The molecule has 0 radical (unpaired) electrons. The monoisotopic (exact) mass is 313 g/mol. The van der Waals surface area contributed by atoms with Gasteiger partial charge in [0.2, 0.25) is 0 Å². The smallest absolute Gasteiger partial charge is 0.406 e. The number of aryl methyl sites for hydroxylation is 1. The number of hydrogen-bond donors (Lipinski definition) is 0. The van der Waals surface area contributed by atoms with Crippen LogP contribution < -0.4 is 4.74 Å². The highest BCUT2D eigenvalue weighted by molar-refractivity contribution is 9.09. The molecule has 1 aromatic rings. The van der Waals surface area contributed by atoms with Crippen LogP contribution in [0.4, 0.5) is 18.9 Å². The van der Waals surface area contributed by atoms with Gasteiger partial charge >= 0.3 is 6.36 Å². The second kappa shape index (κ2) is 5.35. The lowest BCUT2D eigenvalue weighted by molar-refractivity contribution is -0.385. The van der Waals surface area contributed by atoms with Gasteiger partial charge in [0.25, 0.3) is 5.69 Å². The van der Waals surface area contributed by atoms with E-state index in [4.69, 9.17) is 0 Å². The van der Waals surface area contributed by atoms with E-state index in [0.717, 1.165) is 18.2 Å². The van der Waals surface area contributed by atoms with Crippen molar-refractivity contribution < 1.29 is 22.8 Å². The molecular weight excluding hydrogens is 307 g/mol. The fourth-order valence-corrected chi connectivity index (χ4v) is 1.67. The van der Waals surface area contributed by atoms with E-state index in [1.54, 1.807) is 0 Å². The van der Waals surface area contributed by atoms with Crippen LogP contribution >= 0.6 is 15.9 Å². The average molecular weight is 314 g/mol. The van der Waals surface area contributed by atoms with Crippen LogP contribution in [0.1, 0.15) is 5.56 Å². The Balaban J connectivity index is 3.05. The summed E-state index contributed by atoms with van der Waals surface area (Å²) in [4.78, 5) is 9.98. The van der Waals surface area contributed by atoms with Crippen LogP contribution in [0.5, 0.6) is 5.75 Å². The van der Waals surface area contributed by atoms with Crippen molar-refractivity contribution in [2.75, 3.05) is 5.33 Å². The molecule has 4 nitrogen and oxygen atoms in total. The minimum Gasteiger partial charge on any atom is -0.406 e. The van der Waals surface area contributed by atoms with Gasteiger partial charge in [0.05, 0.1) is 4.92 Å². The van der Waals surface area contributed by atoms with Crippen molar-refractivity contribution in [3.8, 4) is 5.75 Å². The summed E-state index contributed by atoms with van der Waals surface area (Å²) in [5, 5.41) is 11.0. The Hall–Kier alpha value is -1.31. The Morgan fingerprint density at radius 3 is 2.53 bits per heavy atom. The van der Waals surface area contributed by atoms with Gasteiger partial charge in [-0.1, -0.05) is 15.9 Å². The van der Waals surface area contributed by atoms with Gasteiger partial charge in [-0.2, -0.15) is 0 Å². The zero-order valence-corrected chi connectivity index (χ0v) is 9.92. The zero-order chi connectivity index (χ0) is 13.1. The molecule has 0 bridgehead atoms. The molecule has 1 aromatic carbocycles. The lowest BCUT2D eigenvalue weighted by Gasteiger charge is -2.10. The maximum atomic E-state index is 12.0. The Bertz CT molecular complexity index is 422. The third-order valence-electron chi connectivity index (χ3n) is 1.85. The lowest BCUT2D eigenvalue weighted by atomic mass is 10.1. The third kappa shape index (κ3) is 4.22. The van der Waals surface area contributed by atoms with E-state index < -0.39 is 17.0 Å². The fraction of sp³-hybridized carbons (Fsp3) is 0.333. The first-order chi connectivity index (χ1) is 7.83. The van der Waals surface area contributed by atoms with E-state index in [-0.39, 0.29) is 17.7 Å². The van der Waals surface area contributed by atoms with E-state index in [9.17, 15) is 23.3 Å². The van der Waals surface area contributed by atoms with Crippen LogP contribution in [0.25, 0.3) is 0 Å². The topological polar surface area (TPSA) is 52.4 Å². The predicted molar refractivity (Wildman–Crippen MR) is 57.3 cm³/mol. The number of nitrogens with zero attached hydrogens (tertiary/aromatic N) is 1. The third-order valence-corrected chi connectivity index (χ3v) is 2.24. The minimum absolute atomic E-state index is 0.189. The first-order valence-corrected chi connectivity index (χ1v) is 5.54. The quantitative estimate of drug-likeness (QED) is 0.486. The molecule has 0 N–H and O–H groups in total. The number of rotatable bonds is 4. The maximum Gasteiger partial charge on any atom is 0.573 e. The Labute approximate surface area is 103 Å². The average Bonchev–Trinajstić information content (AvgIpc) is 2.15. The molecule has 0 atom stereocenters. The van der Waals surface area contributed by atoms with Gasteiger partial charge < -0.3 is 4.74 Å². The second-order valence-electron chi connectivity index (χ2n) is 3.03. The molecule has 0 spiro atoms. The molecule has 17 heavy (non-hydrogen) atoms. The van der Waals surface area contributed by atoms with Crippen LogP contribution in [0, 0.1) is 10.1 Å². The highest BCUT2D eigenvalue weighted by Gasteiger charge is 2.31. The Morgan fingerprint density at radius 2 is 2.06 bits per heavy atom. The highest BCUT2D eigenvalue weighted by atomic mass is 79.9. The van der Waals surface area contributed by atoms with Gasteiger partial charge in [-0.3, -0.25) is 10.1 Å². The van der Waals surface area contributed by atoms with Gasteiger partial charge in [0.1, 0.15) is 5.75 Å². The maximum absolute atomic E-state index is 12.0. The first kappa shape index (κ1) is 13.8. The van der Waals surface area contributed by atoms with E-state index >= 15 is 0 Å². The molecule has 0 heterocycles. The minimum atomic E-state index is -4.80. The van der Waals surface area contributed by atoms with Crippen molar-refractivity contribution in [1.29, 1.82) is 0 Å². The van der Waals surface area contributed by atoms with Crippen molar-refractivity contribution in [1.82, 2.24) is 0 Å². The van der Waals surface area contributed by atoms with Crippen molar-refractivity contribution in [3.63, 3.8) is 0 Å². The number of alkyl halides is 4. The zero-order valence-electron chi connectivity index (χ0n) is 8.33. The molecule has 0 amide bonds. The molecule has 0 fully saturated rings. The van der Waals surface area contributed by atoms with Crippen LogP contribution in [0.3, 0.4) is 0 Å². The molecule has 0 aromatic heterocycles. The fourth-order valence-electron chi connectivity index (χ4n) is 1.24. The number of halogens is 4. The summed E-state index contributed by atoms with van der Waals surface area (Å²) in [5.41, 5.74) is -0.0346. The summed E-state index contributed by atoms with van der Waals surface area (Å²) in [6, 6.07) is 2.94. The summed E-state index contributed by atoms with van der Waals surface area (Å²) in [5.74, 6) is -0.459. The predicted octanol–water partition coefficient (Wildman–Crippen LogP) is 3.43. The van der Waals surface area contributed by atoms with Crippen LogP contribution in [-0.2, 0) is 6.42 Å². The van der Waals surface area contributed by atoms with Crippen molar-refractivity contribution in [2.45, 2.75) is 12.8 Å². The van der Waals surface area contributed by atoms with Gasteiger partial charge in [0, 0.05) is 17.0 Å². The van der Waals surface area contributed by atoms with Gasteiger partial charge in [-0.15, -0.1) is 13.2 Å². The van der Waals surface area contributed by atoms with Crippen molar-refractivity contribution in [2.24, 2.45) is 0 Å². The molecule has 8 heteroatoms. The summed E-state index contributed by atoms with van der Waals surface area (Å²) in [7, 11) is 0. The van der Waals surface area contributed by atoms with Crippen molar-refractivity contribution in [3.05, 3.63) is 33.9 Å². The number of nitro benzene ring substituents is 1. The van der Waals surface area contributed by atoms with E-state index in [0.29, 0.717) is 5.33 Å². The molecule has 0 saturated carbocycles. The molecule has 0 aliphatic heterocycles. The normalized spacial score (nSPS) is 11.3. The van der Waals surface area contributed by atoms with Crippen molar-refractivity contribution >= 4 is 21.6 Å². The molecule has 0 aliphatic rings. The second-order valence-corrected chi connectivity index (χ2v) is 3.83. The molecular formula is C9H7BrF3NO3. The summed E-state index contributed by atoms with van der Waals surface area (Å²) < 4.78 is 39.5. The highest BCUT2D eigenvalue weighted by Crippen LogP contribution is 2.28. The summed E-state index contributed by atoms with van der Waals surface area (Å²) in [6.07, 6.45) is -4.56. The molecule has 0 saturated heterocycles. The Morgan fingerprint density at radius 1 is 1.41 bits per heavy atom. The number of ether oxygens (including phenoxy) is 1. The first-order valence-electron chi connectivity index (χ1n) is 4.42. The van der Waals surface area contributed by atoms with E-state index in [2.05, 4.69) is 20.7 Å². The summed E-state index contributed by atoms with van der Waals surface area (Å²) in [6.45, 7) is 0. The molecule has 1 rings (SSSR count). The van der Waals surface area contributed by atoms with Crippen LogP contribution in [0.15, 0.2) is 18.2 Å². The number of benzene rings is 1. The van der Waals surface area contributed by atoms with Gasteiger partial charge in [0.15, 0.2) is 0 Å². The standard InChI is InChI=1S/C9H7BrF3NO3/c10-4-3-6-5-7(17-9(11,12)13)1-2-8(6)14(15)16/h1-2,5H,3-4H2. The molecule has 94 valence electrons. The number of nitro groups is 1. The van der Waals surface area contributed by atoms with Crippen LogP contribution in [-0.4, -0.2) is 16.6 Å². The van der Waals surface area contributed by atoms with Gasteiger partial charge in [-0.25, -0.2) is 0 Å². The van der Waals surface area contributed by atoms with Crippen LogP contribution in [0.2, 0.25) is 0 Å². The molecule has 0 unspecified atom stereocenters. The SMILES string of the molecule is O=[N+]([O-])c1ccc(OC(F)(F)F)cc1CCBr. The summed E-state index contributed by atoms with van der Waals surface area (Å²) >= 11 is 3.07. The van der Waals surface area contributed by atoms with E-state index in [1.807, 2.05) is 0 Å². The van der Waals surface area contributed by atoms with Gasteiger partial charge in [-0.05, 0) is 18.6 Å². The largest absolute Gasteiger partial charge is 0.573 e. The molecule has 0 aliphatic carbocycles. The lowest BCUT2D eigenvalue weighted by Crippen LogP contribution is -2.17.